The largest absolute Gasteiger partial charge is 0.295 e. The van der Waals surface area contributed by atoms with E-state index < -0.39 is 0 Å². The second-order valence-corrected chi connectivity index (χ2v) is 5.50. The summed E-state index contributed by atoms with van der Waals surface area (Å²) < 4.78 is 1.92. The molecule has 112 valence electrons. The van der Waals surface area contributed by atoms with Crippen LogP contribution >= 0.6 is 0 Å². The molecule has 0 radical (unpaired) electrons. The van der Waals surface area contributed by atoms with E-state index >= 15 is 0 Å². The average Bonchev–Trinajstić information content (AvgIpc) is 3.04. The number of nitrogens with zero attached hydrogens (tertiary/aromatic N) is 4. The molecule has 3 aromatic rings. The minimum absolute atomic E-state index is 0.336. The van der Waals surface area contributed by atoms with E-state index in [0.717, 1.165) is 12.2 Å². The Morgan fingerprint density at radius 1 is 1.09 bits per heavy atom. The lowest BCUT2D eigenvalue weighted by Gasteiger charge is -2.24. The van der Waals surface area contributed by atoms with Crippen molar-refractivity contribution >= 4 is 0 Å². The molecule has 3 rings (SSSR count). The molecule has 22 heavy (non-hydrogen) atoms. The van der Waals surface area contributed by atoms with Gasteiger partial charge in [0.05, 0.1) is 11.9 Å². The Hall–Kier alpha value is -2.46. The predicted octanol–water partition coefficient (Wildman–Crippen LogP) is 3.46. The Morgan fingerprint density at radius 3 is 2.55 bits per heavy atom. The van der Waals surface area contributed by atoms with E-state index in [-0.39, 0.29) is 0 Å². The summed E-state index contributed by atoms with van der Waals surface area (Å²) in [7, 11) is 2.13. The number of para-hydroxylation sites is 1. The molecular weight excluding hydrogens is 272 g/mol. The molecule has 4 heteroatoms. The van der Waals surface area contributed by atoms with Gasteiger partial charge in [0.2, 0.25) is 0 Å². The number of benzene rings is 1. The predicted molar refractivity (Wildman–Crippen MR) is 87.7 cm³/mol. The normalized spacial score (nSPS) is 12.5. The van der Waals surface area contributed by atoms with Crippen molar-refractivity contribution < 1.29 is 0 Å². The van der Waals surface area contributed by atoms with E-state index in [2.05, 4.69) is 59.4 Å². The summed E-state index contributed by atoms with van der Waals surface area (Å²) in [4.78, 5) is 6.38. The van der Waals surface area contributed by atoms with Gasteiger partial charge in [0, 0.05) is 36.7 Å². The fraction of sp³-hybridized carbons (Fsp3) is 0.222. The van der Waals surface area contributed by atoms with Crippen LogP contribution in [0.25, 0.3) is 5.69 Å². The number of rotatable bonds is 5. The summed E-state index contributed by atoms with van der Waals surface area (Å²) in [6, 6.07) is 14.6. The molecule has 2 aromatic heterocycles. The van der Waals surface area contributed by atoms with Crippen LogP contribution in [0.1, 0.15) is 24.1 Å². The van der Waals surface area contributed by atoms with Crippen molar-refractivity contribution in [3.05, 3.63) is 78.4 Å². The smallest absolute Gasteiger partial charge is 0.0645 e. The number of hydrogen-bond donors (Lipinski definition) is 0. The van der Waals surface area contributed by atoms with Crippen LogP contribution in [0.2, 0.25) is 0 Å². The van der Waals surface area contributed by atoms with Crippen molar-refractivity contribution in [2.24, 2.45) is 0 Å². The number of pyridine rings is 1. The first kappa shape index (κ1) is 14.5. The third-order valence-electron chi connectivity index (χ3n) is 3.94. The van der Waals surface area contributed by atoms with E-state index in [1.165, 1.54) is 11.1 Å². The van der Waals surface area contributed by atoms with E-state index in [0.29, 0.717) is 6.04 Å². The molecule has 1 aromatic carbocycles. The monoisotopic (exact) mass is 292 g/mol. The van der Waals surface area contributed by atoms with Crippen LogP contribution in [0.3, 0.4) is 0 Å². The van der Waals surface area contributed by atoms with E-state index in [9.17, 15) is 0 Å². The first-order valence-corrected chi connectivity index (χ1v) is 7.43. The standard InChI is InChI=1S/C18H20N4/c1-15(17-8-10-19-11-9-17)21(2)13-16-12-20-22(14-16)18-6-4-3-5-7-18/h3-12,14-15H,13H2,1-2H3. The van der Waals surface area contributed by atoms with Crippen LogP contribution in [0.15, 0.2) is 67.3 Å². The highest BCUT2D eigenvalue weighted by Gasteiger charge is 2.12. The second kappa shape index (κ2) is 6.54. The van der Waals surface area contributed by atoms with Gasteiger partial charge >= 0.3 is 0 Å². The summed E-state index contributed by atoms with van der Waals surface area (Å²) >= 11 is 0. The molecule has 2 heterocycles. The minimum atomic E-state index is 0.336. The molecular formula is C18H20N4. The van der Waals surface area contributed by atoms with Crippen LogP contribution in [0.5, 0.6) is 0 Å². The average molecular weight is 292 g/mol. The van der Waals surface area contributed by atoms with Crippen molar-refractivity contribution in [3.8, 4) is 5.69 Å². The molecule has 0 amide bonds. The Labute approximate surface area is 131 Å². The molecule has 0 saturated heterocycles. The van der Waals surface area contributed by atoms with Crippen LogP contribution in [0, 0.1) is 0 Å². The summed E-state index contributed by atoms with van der Waals surface area (Å²) in [5.74, 6) is 0. The fourth-order valence-electron chi connectivity index (χ4n) is 2.49. The third kappa shape index (κ3) is 3.23. The van der Waals surface area contributed by atoms with Gasteiger partial charge in [-0.25, -0.2) is 4.68 Å². The number of hydrogen-bond acceptors (Lipinski definition) is 3. The molecule has 0 saturated carbocycles. The molecule has 1 unspecified atom stereocenters. The lowest BCUT2D eigenvalue weighted by molar-refractivity contribution is 0.253. The van der Waals surface area contributed by atoms with Gasteiger partial charge in [-0.15, -0.1) is 0 Å². The first-order chi connectivity index (χ1) is 10.7. The molecule has 4 nitrogen and oxygen atoms in total. The maximum atomic E-state index is 4.45. The van der Waals surface area contributed by atoms with Gasteiger partial charge in [0.1, 0.15) is 0 Å². The van der Waals surface area contributed by atoms with E-state index in [1.807, 2.05) is 41.5 Å². The molecule has 0 N–H and O–H groups in total. The molecule has 0 aliphatic carbocycles. The van der Waals surface area contributed by atoms with Gasteiger partial charge in [0.15, 0.2) is 0 Å². The van der Waals surface area contributed by atoms with Crippen molar-refractivity contribution in [3.63, 3.8) is 0 Å². The second-order valence-electron chi connectivity index (χ2n) is 5.50. The highest BCUT2D eigenvalue weighted by molar-refractivity contribution is 5.30. The zero-order chi connectivity index (χ0) is 15.4. The highest BCUT2D eigenvalue weighted by atomic mass is 15.3. The van der Waals surface area contributed by atoms with Gasteiger partial charge in [-0.2, -0.15) is 5.10 Å². The van der Waals surface area contributed by atoms with Gasteiger partial charge < -0.3 is 0 Å². The van der Waals surface area contributed by atoms with Crippen molar-refractivity contribution in [1.82, 2.24) is 19.7 Å². The lowest BCUT2D eigenvalue weighted by atomic mass is 10.1. The fourth-order valence-corrected chi connectivity index (χ4v) is 2.49. The Bertz CT molecular complexity index is 706. The third-order valence-corrected chi connectivity index (χ3v) is 3.94. The van der Waals surface area contributed by atoms with Crippen molar-refractivity contribution in [2.75, 3.05) is 7.05 Å². The van der Waals surface area contributed by atoms with Crippen LogP contribution in [-0.2, 0) is 6.54 Å². The summed E-state index contributed by atoms with van der Waals surface area (Å²) in [5, 5.41) is 4.45. The Kier molecular flexibility index (Phi) is 4.30. The molecule has 0 bridgehead atoms. The Balaban J connectivity index is 1.70. The van der Waals surface area contributed by atoms with Crippen LogP contribution < -0.4 is 0 Å². The van der Waals surface area contributed by atoms with E-state index in [4.69, 9.17) is 0 Å². The zero-order valence-electron chi connectivity index (χ0n) is 12.9. The summed E-state index contributed by atoms with van der Waals surface area (Å²) in [5.41, 5.74) is 3.55. The molecule has 1 atom stereocenters. The van der Waals surface area contributed by atoms with Crippen molar-refractivity contribution in [1.29, 1.82) is 0 Å². The molecule has 0 fully saturated rings. The summed E-state index contributed by atoms with van der Waals surface area (Å²) in [6.07, 6.45) is 7.70. The topological polar surface area (TPSA) is 34.0 Å². The van der Waals surface area contributed by atoms with Gasteiger partial charge in [0.25, 0.3) is 0 Å². The molecule has 0 spiro atoms. The zero-order valence-corrected chi connectivity index (χ0v) is 12.9. The molecule has 0 aliphatic heterocycles. The SMILES string of the molecule is CC(c1ccncc1)N(C)Cc1cnn(-c2ccccc2)c1. The number of aromatic nitrogens is 3. The highest BCUT2D eigenvalue weighted by Crippen LogP contribution is 2.20. The van der Waals surface area contributed by atoms with Crippen LogP contribution in [-0.4, -0.2) is 26.7 Å². The Morgan fingerprint density at radius 2 is 1.82 bits per heavy atom. The van der Waals surface area contributed by atoms with E-state index in [1.54, 1.807) is 0 Å². The summed E-state index contributed by atoms with van der Waals surface area (Å²) in [6.45, 7) is 3.06. The lowest BCUT2D eigenvalue weighted by Crippen LogP contribution is -2.21. The minimum Gasteiger partial charge on any atom is -0.295 e. The van der Waals surface area contributed by atoms with Gasteiger partial charge in [-0.05, 0) is 43.8 Å². The van der Waals surface area contributed by atoms with Crippen LogP contribution in [0.4, 0.5) is 0 Å². The maximum absolute atomic E-state index is 4.45. The van der Waals surface area contributed by atoms with Crippen molar-refractivity contribution in [2.45, 2.75) is 19.5 Å². The quantitative estimate of drug-likeness (QED) is 0.722. The van der Waals surface area contributed by atoms with Gasteiger partial charge in [-0.1, -0.05) is 18.2 Å². The maximum Gasteiger partial charge on any atom is 0.0645 e. The first-order valence-electron chi connectivity index (χ1n) is 7.43. The molecule has 0 aliphatic rings. The van der Waals surface area contributed by atoms with Gasteiger partial charge in [-0.3, -0.25) is 9.88 Å².